The zero-order valence-electron chi connectivity index (χ0n) is 13.5. The maximum absolute atomic E-state index is 12.4. The normalized spacial score (nSPS) is 18.6. The third-order valence-electron chi connectivity index (χ3n) is 4.10. The van der Waals surface area contributed by atoms with Crippen molar-refractivity contribution in [3.8, 4) is 0 Å². The second-order valence-corrected chi connectivity index (χ2v) is 5.93. The number of nitrogens with zero attached hydrogens (tertiary/aromatic N) is 3. The first-order valence-corrected chi connectivity index (χ1v) is 7.90. The molecule has 1 atom stereocenters. The summed E-state index contributed by atoms with van der Waals surface area (Å²) in [5, 5.41) is 0. The average Bonchev–Trinajstić information content (AvgIpc) is 2.60. The van der Waals surface area contributed by atoms with Crippen molar-refractivity contribution in [2.45, 2.75) is 19.3 Å². The van der Waals surface area contributed by atoms with Gasteiger partial charge in [-0.3, -0.25) is 19.5 Å². The van der Waals surface area contributed by atoms with Crippen LogP contribution in [0.1, 0.15) is 18.4 Å². The molecule has 2 N–H and O–H groups in total. The first-order valence-electron chi connectivity index (χ1n) is 7.90. The lowest BCUT2D eigenvalue weighted by Crippen LogP contribution is -2.42. The van der Waals surface area contributed by atoms with Gasteiger partial charge in [-0.25, -0.2) is 0 Å². The van der Waals surface area contributed by atoms with E-state index in [1.807, 2.05) is 35.2 Å². The van der Waals surface area contributed by atoms with Crippen LogP contribution in [0.2, 0.25) is 0 Å². The number of carbonyl (C=O) groups is 2. The Morgan fingerprint density at radius 2 is 2.17 bits per heavy atom. The molecule has 1 heterocycles. The summed E-state index contributed by atoms with van der Waals surface area (Å²) >= 11 is 0. The molecule has 124 valence electrons. The summed E-state index contributed by atoms with van der Waals surface area (Å²) in [4.78, 5) is 30.5. The second kappa shape index (κ2) is 8.31. The van der Waals surface area contributed by atoms with Gasteiger partial charge < -0.3 is 10.6 Å². The number of piperidine rings is 1. The van der Waals surface area contributed by atoms with Gasteiger partial charge in [0.05, 0.1) is 6.42 Å². The van der Waals surface area contributed by atoms with Gasteiger partial charge in [-0.1, -0.05) is 30.3 Å². The van der Waals surface area contributed by atoms with Crippen LogP contribution in [0, 0.1) is 5.92 Å². The molecule has 0 aromatic heterocycles. The summed E-state index contributed by atoms with van der Waals surface area (Å²) in [7, 11) is 1.57. The minimum Gasteiger partial charge on any atom is -0.369 e. The van der Waals surface area contributed by atoms with Crippen molar-refractivity contribution in [1.82, 2.24) is 9.80 Å². The van der Waals surface area contributed by atoms with Crippen molar-refractivity contribution in [1.29, 1.82) is 0 Å². The summed E-state index contributed by atoms with van der Waals surface area (Å²) < 4.78 is 0. The van der Waals surface area contributed by atoms with Gasteiger partial charge in [-0.15, -0.1) is 0 Å². The predicted octanol–water partition coefficient (Wildman–Crippen LogP) is 0.871. The van der Waals surface area contributed by atoms with Crippen LogP contribution in [0.15, 0.2) is 35.3 Å². The van der Waals surface area contributed by atoms with E-state index in [2.05, 4.69) is 4.99 Å². The molecule has 0 spiro atoms. The van der Waals surface area contributed by atoms with Crippen LogP contribution in [-0.4, -0.2) is 54.8 Å². The highest BCUT2D eigenvalue weighted by molar-refractivity contribution is 5.87. The second-order valence-electron chi connectivity index (χ2n) is 5.93. The number of nitrogens with two attached hydrogens (primary N) is 1. The highest BCUT2D eigenvalue weighted by Crippen LogP contribution is 2.18. The first kappa shape index (κ1) is 17.0. The summed E-state index contributed by atoms with van der Waals surface area (Å²) in [6.45, 7) is 2.04. The molecule has 0 unspecified atom stereocenters. The highest BCUT2D eigenvalue weighted by atomic mass is 16.2. The number of aliphatic imine (C=N–C) groups is 1. The van der Waals surface area contributed by atoms with E-state index in [4.69, 9.17) is 5.73 Å². The maximum Gasteiger partial charge on any atom is 0.226 e. The molecule has 2 amide bonds. The summed E-state index contributed by atoms with van der Waals surface area (Å²) in [6, 6.07) is 9.79. The van der Waals surface area contributed by atoms with E-state index in [-0.39, 0.29) is 11.9 Å². The van der Waals surface area contributed by atoms with Gasteiger partial charge in [0.1, 0.15) is 0 Å². The van der Waals surface area contributed by atoms with Gasteiger partial charge in [0.2, 0.25) is 12.3 Å². The molecule has 1 aromatic rings. The molecule has 1 fully saturated rings. The zero-order chi connectivity index (χ0) is 16.7. The predicted molar refractivity (Wildman–Crippen MR) is 89.8 cm³/mol. The largest absolute Gasteiger partial charge is 0.369 e. The Morgan fingerprint density at radius 1 is 1.43 bits per heavy atom. The molecule has 0 saturated carbocycles. The van der Waals surface area contributed by atoms with E-state index in [1.54, 1.807) is 7.05 Å². The molecule has 1 aliphatic heterocycles. The molecule has 1 aromatic carbocycles. The zero-order valence-corrected chi connectivity index (χ0v) is 13.5. The molecule has 2 rings (SSSR count). The smallest absolute Gasteiger partial charge is 0.226 e. The number of carbonyl (C=O) groups excluding carboxylic acids is 2. The lowest BCUT2D eigenvalue weighted by molar-refractivity contribution is -0.132. The fraction of sp³-hybridized carbons (Fsp3) is 0.471. The number of likely N-dealkylation sites (tertiary alicyclic amines) is 1. The SMILES string of the molecule is CN(C=O)C(N)=NC[C@H]1CCCN(C(=O)Cc2ccccc2)C1. The number of hydrogen-bond acceptors (Lipinski definition) is 3. The number of benzene rings is 1. The Kier molecular flexibility index (Phi) is 6.14. The van der Waals surface area contributed by atoms with Crippen LogP contribution in [-0.2, 0) is 16.0 Å². The number of amides is 2. The minimum absolute atomic E-state index is 0.155. The Hall–Kier alpha value is -2.37. The molecule has 0 radical (unpaired) electrons. The third-order valence-corrected chi connectivity index (χ3v) is 4.10. The molecule has 1 saturated heterocycles. The van der Waals surface area contributed by atoms with E-state index in [0.717, 1.165) is 24.9 Å². The van der Waals surface area contributed by atoms with E-state index in [0.29, 0.717) is 31.8 Å². The van der Waals surface area contributed by atoms with Gasteiger partial charge in [-0.2, -0.15) is 0 Å². The van der Waals surface area contributed by atoms with Crippen LogP contribution in [0.5, 0.6) is 0 Å². The Labute approximate surface area is 137 Å². The van der Waals surface area contributed by atoms with Crippen molar-refractivity contribution in [2.75, 3.05) is 26.7 Å². The van der Waals surface area contributed by atoms with Gasteiger partial charge in [-0.05, 0) is 24.3 Å². The monoisotopic (exact) mass is 316 g/mol. The van der Waals surface area contributed by atoms with Gasteiger partial charge in [0, 0.05) is 26.7 Å². The van der Waals surface area contributed by atoms with Crippen LogP contribution in [0.4, 0.5) is 0 Å². The van der Waals surface area contributed by atoms with Crippen molar-refractivity contribution in [2.24, 2.45) is 16.6 Å². The minimum atomic E-state index is 0.155. The standard InChI is InChI=1S/C17H24N4O2/c1-20(13-22)17(18)19-11-15-8-5-9-21(12-15)16(23)10-14-6-3-2-4-7-14/h2-4,6-7,13,15H,5,8-12H2,1H3,(H2,18,19)/t15-/m1/s1. The maximum atomic E-state index is 12.4. The van der Waals surface area contributed by atoms with Gasteiger partial charge in [0.25, 0.3) is 0 Å². The summed E-state index contributed by atoms with van der Waals surface area (Å²) in [5.74, 6) is 0.665. The Bertz CT molecular complexity index is 559. The third kappa shape index (κ3) is 5.09. The number of rotatable bonds is 5. The Balaban J connectivity index is 1.87. The summed E-state index contributed by atoms with van der Waals surface area (Å²) in [6.07, 6.45) is 3.07. The number of guanidine groups is 1. The lowest BCUT2D eigenvalue weighted by Gasteiger charge is -2.32. The fourth-order valence-corrected chi connectivity index (χ4v) is 2.71. The van der Waals surface area contributed by atoms with Crippen LogP contribution >= 0.6 is 0 Å². The molecular formula is C17H24N4O2. The van der Waals surface area contributed by atoms with Gasteiger partial charge in [0.15, 0.2) is 5.96 Å². The van der Waals surface area contributed by atoms with Gasteiger partial charge >= 0.3 is 0 Å². The van der Waals surface area contributed by atoms with Crippen LogP contribution in [0.25, 0.3) is 0 Å². The van der Waals surface area contributed by atoms with E-state index in [1.165, 1.54) is 4.90 Å². The molecule has 0 aliphatic carbocycles. The first-order chi connectivity index (χ1) is 11.1. The van der Waals surface area contributed by atoms with Crippen LogP contribution < -0.4 is 5.73 Å². The lowest BCUT2D eigenvalue weighted by atomic mass is 9.97. The fourth-order valence-electron chi connectivity index (χ4n) is 2.71. The van der Waals surface area contributed by atoms with Crippen molar-refractivity contribution >= 4 is 18.3 Å². The highest BCUT2D eigenvalue weighted by Gasteiger charge is 2.23. The quantitative estimate of drug-likeness (QED) is 0.497. The average molecular weight is 316 g/mol. The van der Waals surface area contributed by atoms with E-state index >= 15 is 0 Å². The summed E-state index contributed by atoms with van der Waals surface area (Å²) in [5.41, 5.74) is 6.74. The molecule has 23 heavy (non-hydrogen) atoms. The van der Waals surface area contributed by atoms with Crippen molar-refractivity contribution < 1.29 is 9.59 Å². The Morgan fingerprint density at radius 3 is 2.87 bits per heavy atom. The van der Waals surface area contributed by atoms with Crippen LogP contribution in [0.3, 0.4) is 0 Å². The molecule has 6 heteroatoms. The molecule has 6 nitrogen and oxygen atoms in total. The molecule has 0 bridgehead atoms. The molecular weight excluding hydrogens is 292 g/mol. The van der Waals surface area contributed by atoms with Crippen molar-refractivity contribution in [3.05, 3.63) is 35.9 Å². The number of hydrogen-bond donors (Lipinski definition) is 1. The van der Waals surface area contributed by atoms with E-state index in [9.17, 15) is 9.59 Å². The molecule has 1 aliphatic rings. The van der Waals surface area contributed by atoms with E-state index < -0.39 is 0 Å². The van der Waals surface area contributed by atoms with Crippen molar-refractivity contribution in [3.63, 3.8) is 0 Å². The topological polar surface area (TPSA) is 79.0 Å².